The van der Waals surface area contributed by atoms with Crippen LogP contribution in [-0.2, 0) is 9.53 Å². The van der Waals surface area contributed by atoms with Crippen molar-refractivity contribution < 1.29 is 9.53 Å². The number of carbonyl (C=O) groups is 1. The largest absolute Gasteiger partial charge is 0.468 e. The van der Waals surface area contributed by atoms with Crippen molar-refractivity contribution >= 4 is 34.2 Å². The van der Waals surface area contributed by atoms with E-state index in [1.54, 1.807) is 11.8 Å². The molecule has 17 heavy (non-hydrogen) atoms. The number of rotatable bonds is 6. The van der Waals surface area contributed by atoms with Gasteiger partial charge in [-0.1, -0.05) is 23.1 Å². The number of nitrogens with two attached hydrogens (primary N) is 1. The highest BCUT2D eigenvalue weighted by molar-refractivity contribution is 8.01. The lowest BCUT2D eigenvalue weighted by atomic mass is 10.2. The van der Waals surface area contributed by atoms with Gasteiger partial charge in [0.1, 0.15) is 6.04 Å². The van der Waals surface area contributed by atoms with Gasteiger partial charge in [0, 0.05) is 19.8 Å². The van der Waals surface area contributed by atoms with E-state index in [9.17, 15) is 4.79 Å². The van der Waals surface area contributed by atoms with Gasteiger partial charge in [-0.2, -0.15) is 0 Å². The smallest absolute Gasteiger partial charge is 0.322 e. The van der Waals surface area contributed by atoms with E-state index in [1.807, 2.05) is 19.0 Å². The van der Waals surface area contributed by atoms with E-state index >= 15 is 0 Å². The van der Waals surface area contributed by atoms with Crippen LogP contribution >= 0.6 is 23.1 Å². The van der Waals surface area contributed by atoms with Gasteiger partial charge in [-0.05, 0) is 6.42 Å². The van der Waals surface area contributed by atoms with E-state index < -0.39 is 6.04 Å². The van der Waals surface area contributed by atoms with Crippen LogP contribution in [-0.4, -0.2) is 49.2 Å². The Kier molecular flexibility index (Phi) is 5.66. The Labute approximate surface area is 109 Å². The molecule has 8 heteroatoms. The number of thioether (sulfide) groups is 1. The summed E-state index contributed by atoms with van der Waals surface area (Å²) < 4.78 is 5.43. The summed E-state index contributed by atoms with van der Waals surface area (Å²) in [7, 11) is 5.17. The van der Waals surface area contributed by atoms with Gasteiger partial charge < -0.3 is 15.4 Å². The molecule has 1 aromatic rings. The molecule has 0 radical (unpaired) electrons. The lowest BCUT2D eigenvalue weighted by molar-refractivity contribution is -0.142. The highest BCUT2D eigenvalue weighted by atomic mass is 32.2. The molecule has 0 aliphatic rings. The van der Waals surface area contributed by atoms with Crippen LogP contribution in [0.25, 0.3) is 0 Å². The third-order valence-electron chi connectivity index (χ3n) is 1.94. The van der Waals surface area contributed by atoms with Gasteiger partial charge in [0.15, 0.2) is 4.34 Å². The zero-order valence-electron chi connectivity index (χ0n) is 10.0. The molecule has 0 aromatic carbocycles. The third kappa shape index (κ3) is 4.49. The number of carbonyl (C=O) groups excluding carboxylic acids is 1. The van der Waals surface area contributed by atoms with Gasteiger partial charge in [0.2, 0.25) is 5.13 Å². The van der Waals surface area contributed by atoms with Gasteiger partial charge in [-0.3, -0.25) is 4.79 Å². The van der Waals surface area contributed by atoms with Crippen LogP contribution < -0.4 is 10.6 Å². The average molecular weight is 276 g/mol. The molecule has 1 rings (SSSR count). The molecule has 1 unspecified atom stereocenters. The molecule has 0 fully saturated rings. The van der Waals surface area contributed by atoms with Crippen molar-refractivity contribution in [2.45, 2.75) is 16.8 Å². The second-order valence-corrected chi connectivity index (χ2v) is 5.81. The normalized spacial score (nSPS) is 12.2. The van der Waals surface area contributed by atoms with Crippen molar-refractivity contribution in [3.8, 4) is 0 Å². The Bertz CT molecular complexity index is 370. The zero-order chi connectivity index (χ0) is 12.8. The molecule has 0 spiro atoms. The van der Waals surface area contributed by atoms with Crippen molar-refractivity contribution in [1.82, 2.24) is 10.2 Å². The summed E-state index contributed by atoms with van der Waals surface area (Å²) in [5, 5.41) is 8.91. The zero-order valence-corrected chi connectivity index (χ0v) is 11.7. The molecule has 0 aliphatic heterocycles. The quantitative estimate of drug-likeness (QED) is 0.601. The minimum Gasteiger partial charge on any atom is -0.468 e. The summed E-state index contributed by atoms with van der Waals surface area (Å²) >= 11 is 3.06. The minimum atomic E-state index is -0.561. The van der Waals surface area contributed by atoms with Gasteiger partial charge >= 0.3 is 5.97 Å². The minimum absolute atomic E-state index is 0.378. The molecule has 0 saturated carbocycles. The molecule has 0 amide bonds. The fourth-order valence-corrected chi connectivity index (χ4v) is 2.84. The predicted molar refractivity (Wildman–Crippen MR) is 69.6 cm³/mol. The molecule has 6 nitrogen and oxygen atoms in total. The number of aromatic nitrogens is 2. The molecule has 0 saturated heterocycles. The number of anilines is 1. The molecular weight excluding hydrogens is 260 g/mol. The van der Waals surface area contributed by atoms with E-state index in [0.29, 0.717) is 6.42 Å². The molecule has 2 N–H and O–H groups in total. The van der Waals surface area contributed by atoms with Crippen LogP contribution in [0.4, 0.5) is 5.13 Å². The first kappa shape index (κ1) is 14.2. The second-order valence-electron chi connectivity index (χ2n) is 3.51. The van der Waals surface area contributed by atoms with E-state index in [1.165, 1.54) is 18.4 Å². The summed E-state index contributed by atoms with van der Waals surface area (Å²) in [5.41, 5.74) is 5.62. The number of hydrogen-bond donors (Lipinski definition) is 1. The molecule has 1 heterocycles. The summed E-state index contributed by atoms with van der Waals surface area (Å²) in [5.74, 6) is 0.343. The fraction of sp³-hybridized carbons (Fsp3) is 0.667. The predicted octanol–water partition coefficient (Wildman–Crippen LogP) is 0.587. The van der Waals surface area contributed by atoms with Crippen LogP contribution in [0.1, 0.15) is 6.42 Å². The number of esters is 1. The lowest BCUT2D eigenvalue weighted by Gasteiger charge is -2.07. The van der Waals surface area contributed by atoms with Crippen LogP contribution in [0.2, 0.25) is 0 Å². The Morgan fingerprint density at radius 1 is 1.59 bits per heavy atom. The highest BCUT2D eigenvalue weighted by Gasteiger charge is 2.14. The molecule has 0 aliphatic carbocycles. The standard InChI is InChI=1S/C9H16N4O2S2/c1-13(2)8-11-12-9(17-8)16-5-4-6(10)7(14)15-3/h6H,4-5,10H2,1-3H3. The van der Waals surface area contributed by atoms with Gasteiger partial charge in [0.05, 0.1) is 7.11 Å². The maximum absolute atomic E-state index is 11.1. The van der Waals surface area contributed by atoms with Gasteiger partial charge in [-0.25, -0.2) is 0 Å². The van der Waals surface area contributed by atoms with E-state index in [2.05, 4.69) is 14.9 Å². The maximum atomic E-state index is 11.1. The molecule has 1 atom stereocenters. The van der Waals surface area contributed by atoms with E-state index in [-0.39, 0.29) is 5.97 Å². The fourth-order valence-electron chi connectivity index (χ4n) is 0.984. The number of hydrogen-bond acceptors (Lipinski definition) is 8. The first-order valence-electron chi connectivity index (χ1n) is 5.01. The molecule has 96 valence electrons. The van der Waals surface area contributed by atoms with E-state index in [0.717, 1.165) is 15.2 Å². The molecular formula is C9H16N4O2S2. The van der Waals surface area contributed by atoms with Crippen molar-refractivity contribution in [3.63, 3.8) is 0 Å². The van der Waals surface area contributed by atoms with E-state index in [4.69, 9.17) is 5.73 Å². The average Bonchev–Trinajstić information content (AvgIpc) is 2.76. The highest BCUT2D eigenvalue weighted by Crippen LogP contribution is 2.27. The third-order valence-corrected chi connectivity index (χ3v) is 4.19. The van der Waals surface area contributed by atoms with Crippen LogP contribution in [0.15, 0.2) is 4.34 Å². The van der Waals surface area contributed by atoms with Crippen LogP contribution in [0.3, 0.4) is 0 Å². The van der Waals surface area contributed by atoms with Gasteiger partial charge in [-0.15, -0.1) is 10.2 Å². The second kappa shape index (κ2) is 6.77. The summed E-state index contributed by atoms with van der Waals surface area (Å²) in [4.78, 5) is 13.0. The van der Waals surface area contributed by atoms with Gasteiger partial charge in [0.25, 0.3) is 0 Å². The number of nitrogens with zero attached hydrogens (tertiary/aromatic N) is 3. The first-order chi connectivity index (χ1) is 8.04. The summed E-state index contributed by atoms with van der Waals surface area (Å²) in [6.07, 6.45) is 0.564. The van der Waals surface area contributed by atoms with Crippen molar-refractivity contribution in [3.05, 3.63) is 0 Å². The summed E-state index contributed by atoms with van der Waals surface area (Å²) in [6.45, 7) is 0. The first-order valence-corrected chi connectivity index (χ1v) is 6.82. The Morgan fingerprint density at radius 3 is 2.82 bits per heavy atom. The monoisotopic (exact) mass is 276 g/mol. The Hall–Kier alpha value is -0.860. The van der Waals surface area contributed by atoms with Crippen molar-refractivity contribution in [1.29, 1.82) is 0 Å². The van der Waals surface area contributed by atoms with Crippen LogP contribution in [0, 0.1) is 0 Å². The lowest BCUT2D eigenvalue weighted by Crippen LogP contribution is -2.31. The molecule has 1 aromatic heterocycles. The van der Waals surface area contributed by atoms with Crippen molar-refractivity contribution in [2.24, 2.45) is 5.73 Å². The number of ether oxygens (including phenoxy) is 1. The van der Waals surface area contributed by atoms with Crippen LogP contribution in [0.5, 0.6) is 0 Å². The Morgan fingerprint density at radius 2 is 2.29 bits per heavy atom. The number of methoxy groups -OCH3 is 1. The summed E-state index contributed by atoms with van der Waals surface area (Å²) in [6, 6.07) is -0.561. The maximum Gasteiger partial charge on any atom is 0.322 e. The molecule has 0 bridgehead atoms. The SMILES string of the molecule is COC(=O)C(N)CCSc1nnc(N(C)C)s1. The Balaban J connectivity index is 2.33. The topological polar surface area (TPSA) is 81.3 Å². The van der Waals surface area contributed by atoms with Crippen molar-refractivity contribution in [2.75, 3.05) is 31.9 Å².